The first-order chi connectivity index (χ1) is 13.1. The van der Waals surface area contributed by atoms with Crippen molar-refractivity contribution >= 4 is 38.3 Å². The molecule has 1 atom stereocenters. The van der Waals surface area contributed by atoms with Crippen molar-refractivity contribution < 1.29 is 14.1 Å². The van der Waals surface area contributed by atoms with Gasteiger partial charge in [0, 0.05) is 28.1 Å². The second-order valence-corrected chi connectivity index (χ2v) is 8.15. The number of amides is 1. The SMILES string of the molecule is Cc1cc(C(=O)N(C[C@@H]2CCCO2)c2nc(-c3ccc(Br)cc3)cs2)no1. The number of thiazole rings is 1. The van der Waals surface area contributed by atoms with Gasteiger partial charge in [0.15, 0.2) is 10.8 Å². The zero-order valence-electron chi connectivity index (χ0n) is 14.7. The summed E-state index contributed by atoms with van der Waals surface area (Å²) in [5.74, 6) is 0.379. The van der Waals surface area contributed by atoms with Crippen LogP contribution in [0.1, 0.15) is 29.1 Å². The predicted molar refractivity (Wildman–Crippen MR) is 107 cm³/mol. The highest BCUT2D eigenvalue weighted by molar-refractivity contribution is 9.10. The summed E-state index contributed by atoms with van der Waals surface area (Å²) in [6.45, 7) is 2.96. The van der Waals surface area contributed by atoms with E-state index in [1.807, 2.05) is 29.6 Å². The Bertz CT molecular complexity index is 932. The third-order valence-corrected chi connectivity index (χ3v) is 5.76. The van der Waals surface area contributed by atoms with Gasteiger partial charge in [-0.15, -0.1) is 11.3 Å². The van der Waals surface area contributed by atoms with Crippen molar-refractivity contribution in [2.45, 2.75) is 25.9 Å². The summed E-state index contributed by atoms with van der Waals surface area (Å²) in [5.41, 5.74) is 2.12. The zero-order chi connectivity index (χ0) is 18.8. The number of carbonyl (C=O) groups excluding carboxylic acids is 1. The van der Waals surface area contributed by atoms with Gasteiger partial charge in [0.25, 0.3) is 5.91 Å². The van der Waals surface area contributed by atoms with E-state index in [-0.39, 0.29) is 17.7 Å². The maximum Gasteiger partial charge on any atom is 0.282 e. The quantitative estimate of drug-likeness (QED) is 0.566. The molecule has 0 N–H and O–H groups in total. The van der Waals surface area contributed by atoms with Gasteiger partial charge in [-0.1, -0.05) is 33.2 Å². The van der Waals surface area contributed by atoms with Crippen molar-refractivity contribution in [1.29, 1.82) is 0 Å². The summed E-state index contributed by atoms with van der Waals surface area (Å²) in [5, 5.41) is 6.47. The van der Waals surface area contributed by atoms with E-state index in [4.69, 9.17) is 14.2 Å². The number of hydrogen-bond donors (Lipinski definition) is 0. The first kappa shape index (κ1) is 18.3. The molecule has 140 valence electrons. The standard InChI is InChI=1S/C19H18BrN3O3S/c1-12-9-16(22-26-12)18(24)23(10-15-3-2-8-25-15)19-21-17(11-27-19)13-4-6-14(20)7-5-13/h4-7,9,11,15H,2-3,8,10H2,1H3/t15-/m0/s1. The molecule has 1 amide bonds. The van der Waals surface area contributed by atoms with Gasteiger partial charge >= 0.3 is 0 Å². The van der Waals surface area contributed by atoms with E-state index in [2.05, 4.69) is 21.1 Å². The Balaban J connectivity index is 1.63. The maximum absolute atomic E-state index is 13.0. The smallest absolute Gasteiger partial charge is 0.282 e. The van der Waals surface area contributed by atoms with Crippen LogP contribution in [0.4, 0.5) is 5.13 Å². The summed E-state index contributed by atoms with van der Waals surface area (Å²) in [6, 6.07) is 9.59. The molecule has 1 aliphatic heterocycles. The van der Waals surface area contributed by atoms with Crippen LogP contribution >= 0.6 is 27.3 Å². The average Bonchev–Trinajstić information content (AvgIpc) is 3.41. The third-order valence-electron chi connectivity index (χ3n) is 4.37. The van der Waals surface area contributed by atoms with E-state index in [1.54, 1.807) is 17.9 Å². The molecule has 1 saturated heterocycles. The lowest BCUT2D eigenvalue weighted by molar-refractivity contribution is 0.0910. The highest BCUT2D eigenvalue weighted by Crippen LogP contribution is 2.30. The molecule has 4 rings (SSSR count). The summed E-state index contributed by atoms with van der Waals surface area (Å²) in [7, 11) is 0. The number of hydrogen-bond acceptors (Lipinski definition) is 6. The number of benzene rings is 1. The number of ether oxygens (including phenoxy) is 1. The number of aromatic nitrogens is 2. The molecular weight excluding hydrogens is 430 g/mol. The first-order valence-electron chi connectivity index (χ1n) is 8.68. The molecule has 0 saturated carbocycles. The summed E-state index contributed by atoms with van der Waals surface area (Å²) in [6.07, 6.45) is 1.96. The molecule has 2 aromatic heterocycles. The number of aryl methyl sites for hydroxylation is 1. The number of anilines is 1. The molecule has 1 aromatic carbocycles. The normalized spacial score (nSPS) is 16.6. The number of rotatable bonds is 5. The van der Waals surface area contributed by atoms with Crippen LogP contribution in [-0.4, -0.2) is 35.3 Å². The van der Waals surface area contributed by atoms with Crippen LogP contribution in [0.5, 0.6) is 0 Å². The fraction of sp³-hybridized carbons (Fsp3) is 0.316. The zero-order valence-corrected chi connectivity index (χ0v) is 17.1. The molecule has 27 heavy (non-hydrogen) atoms. The minimum atomic E-state index is -0.223. The Hall–Kier alpha value is -2.03. The minimum absolute atomic E-state index is 0.0157. The van der Waals surface area contributed by atoms with E-state index in [0.29, 0.717) is 17.4 Å². The fourth-order valence-electron chi connectivity index (χ4n) is 2.99. The molecule has 3 aromatic rings. The van der Waals surface area contributed by atoms with Crippen molar-refractivity contribution in [2.24, 2.45) is 0 Å². The molecule has 1 fully saturated rings. The van der Waals surface area contributed by atoms with Crippen LogP contribution in [0.3, 0.4) is 0 Å². The summed E-state index contributed by atoms with van der Waals surface area (Å²) < 4.78 is 11.8. The largest absolute Gasteiger partial charge is 0.376 e. The second-order valence-electron chi connectivity index (χ2n) is 6.40. The number of nitrogens with zero attached hydrogens (tertiary/aromatic N) is 3. The van der Waals surface area contributed by atoms with Gasteiger partial charge in [0.05, 0.1) is 18.3 Å². The van der Waals surface area contributed by atoms with Gasteiger partial charge in [-0.3, -0.25) is 9.69 Å². The first-order valence-corrected chi connectivity index (χ1v) is 10.4. The van der Waals surface area contributed by atoms with E-state index in [0.717, 1.165) is 35.2 Å². The lowest BCUT2D eigenvalue weighted by atomic mass is 10.2. The van der Waals surface area contributed by atoms with E-state index < -0.39 is 0 Å². The van der Waals surface area contributed by atoms with Gasteiger partial charge in [-0.2, -0.15) is 0 Å². The van der Waals surface area contributed by atoms with Crippen LogP contribution < -0.4 is 4.90 Å². The Kier molecular flexibility index (Phi) is 5.38. The molecule has 1 aliphatic rings. The van der Waals surface area contributed by atoms with Crippen molar-refractivity contribution in [1.82, 2.24) is 10.1 Å². The minimum Gasteiger partial charge on any atom is -0.376 e. The Morgan fingerprint density at radius 2 is 2.19 bits per heavy atom. The van der Waals surface area contributed by atoms with Gasteiger partial charge < -0.3 is 9.26 Å². The fourth-order valence-corrected chi connectivity index (χ4v) is 4.09. The third kappa shape index (κ3) is 4.12. The van der Waals surface area contributed by atoms with Gasteiger partial charge in [0.1, 0.15) is 5.76 Å². The number of halogens is 1. The van der Waals surface area contributed by atoms with Gasteiger partial charge in [-0.25, -0.2) is 4.98 Å². The van der Waals surface area contributed by atoms with Gasteiger partial charge in [0.2, 0.25) is 0 Å². The van der Waals surface area contributed by atoms with Crippen molar-refractivity contribution in [2.75, 3.05) is 18.1 Å². The Morgan fingerprint density at radius 1 is 1.37 bits per heavy atom. The molecule has 6 nitrogen and oxygen atoms in total. The number of carbonyl (C=O) groups is 1. The highest BCUT2D eigenvalue weighted by Gasteiger charge is 2.28. The van der Waals surface area contributed by atoms with Crippen LogP contribution in [-0.2, 0) is 4.74 Å². The van der Waals surface area contributed by atoms with Crippen LogP contribution in [0.2, 0.25) is 0 Å². The lowest BCUT2D eigenvalue weighted by Crippen LogP contribution is -2.37. The van der Waals surface area contributed by atoms with E-state index >= 15 is 0 Å². The van der Waals surface area contributed by atoms with E-state index in [1.165, 1.54) is 11.3 Å². The lowest BCUT2D eigenvalue weighted by Gasteiger charge is -2.22. The Morgan fingerprint density at radius 3 is 2.85 bits per heavy atom. The molecule has 0 radical (unpaired) electrons. The molecule has 0 bridgehead atoms. The molecule has 0 unspecified atom stereocenters. The maximum atomic E-state index is 13.0. The van der Waals surface area contributed by atoms with Crippen molar-refractivity contribution in [3.05, 3.63) is 51.6 Å². The topological polar surface area (TPSA) is 68.5 Å². The van der Waals surface area contributed by atoms with Gasteiger partial charge in [-0.05, 0) is 31.9 Å². The van der Waals surface area contributed by atoms with Crippen molar-refractivity contribution in [3.63, 3.8) is 0 Å². The van der Waals surface area contributed by atoms with E-state index in [9.17, 15) is 4.79 Å². The van der Waals surface area contributed by atoms with Crippen LogP contribution in [0, 0.1) is 6.92 Å². The molecule has 3 heterocycles. The Labute approximate surface area is 169 Å². The van der Waals surface area contributed by atoms with Crippen LogP contribution in [0.25, 0.3) is 11.3 Å². The monoisotopic (exact) mass is 447 g/mol. The highest BCUT2D eigenvalue weighted by atomic mass is 79.9. The summed E-state index contributed by atoms with van der Waals surface area (Å²) >= 11 is 4.88. The average molecular weight is 448 g/mol. The molecule has 0 aliphatic carbocycles. The van der Waals surface area contributed by atoms with Crippen LogP contribution in [0.15, 0.2) is 44.7 Å². The summed E-state index contributed by atoms with van der Waals surface area (Å²) in [4.78, 5) is 19.4. The molecule has 0 spiro atoms. The second kappa shape index (κ2) is 7.92. The molecule has 8 heteroatoms. The predicted octanol–water partition coefficient (Wildman–Crippen LogP) is 4.69. The van der Waals surface area contributed by atoms with Crippen molar-refractivity contribution in [3.8, 4) is 11.3 Å². The molecular formula is C19H18BrN3O3S.